The van der Waals surface area contributed by atoms with Crippen LogP contribution in [-0.4, -0.2) is 44.0 Å². The lowest BCUT2D eigenvalue weighted by atomic mass is 10.2. The molecule has 0 radical (unpaired) electrons. The van der Waals surface area contributed by atoms with E-state index >= 15 is 0 Å². The van der Waals surface area contributed by atoms with Gasteiger partial charge >= 0.3 is 0 Å². The van der Waals surface area contributed by atoms with Crippen molar-refractivity contribution in [1.29, 1.82) is 0 Å². The van der Waals surface area contributed by atoms with Gasteiger partial charge in [0, 0.05) is 24.4 Å². The molecular weight excluding hydrogens is 379 g/mol. The summed E-state index contributed by atoms with van der Waals surface area (Å²) in [7, 11) is 1.46. The van der Waals surface area contributed by atoms with Crippen LogP contribution in [0.2, 0.25) is 5.02 Å². The molecule has 25 heavy (non-hydrogen) atoms. The first kappa shape index (κ1) is 21.4. The number of benzene rings is 1. The van der Waals surface area contributed by atoms with E-state index in [9.17, 15) is 18.4 Å². The zero-order valence-electron chi connectivity index (χ0n) is 13.4. The topological polar surface area (TPSA) is 79.5 Å². The summed E-state index contributed by atoms with van der Waals surface area (Å²) >= 11 is 5.87. The van der Waals surface area contributed by atoms with Gasteiger partial charge in [0.25, 0.3) is 5.92 Å². The lowest BCUT2D eigenvalue weighted by molar-refractivity contribution is -0.123. The molecule has 1 aliphatic rings. The Bertz CT molecular complexity index is 632. The maximum atomic E-state index is 13.0. The van der Waals surface area contributed by atoms with Gasteiger partial charge in [-0.25, -0.2) is 8.78 Å². The number of hydrogen-bond acceptors (Lipinski definition) is 4. The molecule has 0 aliphatic carbocycles. The van der Waals surface area contributed by atoms with Crippen molar-refractivity contribution in [2.45, 2.75) is 24.8 Å². The van der Waals surface area contributed by atoms with Gasteiger partial charge in [-0.05, 0) is 18.2 Å². The molecule has 1 saturated heterocycles. The summed E-state index contributed by atoms with van der Waals surface area (Å²) in [5.74, 6) is -3.32. The second-order valence-electron chi connectivity index (χ2n) is 5.43. The fourth-order valence-corrected chi connectivity index (χ4v) is 2.49. The number of nitrogens with one attached hydrogen (secondary N) is 3. The Hall–Kier alpha value is -1.64. The van der Waals surface area contributed by atoms with Gasteiger partial charge in [0.15, 0.2) is 0 Å². The van der Waals surface area contributed by atoms with Crippen LogP contribution in [0.1, 0.15) is 12.8 Å². The Morgan fingerprint density at radius 3 is 2.76 bits per heavy atom. The minimum Gasteiger partial charge on any atom is -0.495 e. The number of hydrogen-bond donors (Lipinski definition) is 3. The summed E-state index contributed by atoms with van der Waals surface area (Å²) in [5.41, 5.74) is 0.415. The van der Waals surface area contributed by atoms with Crippen LogP contribution in [-0.2, 0) is 9.59 Å². The van der Waals surface area contributed by atoms with E-state index in [-0.39, 0.29) is 31.3 Å². The van der Waals surface area contributed by atoms with Crippen molar-refractivity contribution < 1.29 is 23.1 Å². The van der Waals surface area contributed by atoms with Crippen LogP contribution < -0.4 is 20.7 Å². The predicted octanol–water partition coefficient (Wildman–Crippen LogP) is 2.21. The third kappa shape index (κ3) is 6.30. The molecule has 0 bridgehead atoms. The van der Waals surface area contributed by atoms with Crippen LogP contribution in [0.25, 0.3) is 0 Å². The maximum absolute atomic E-state index is 13.0. The van der Waals surface area contributed by atoms with E-state index in [1.54, 1.807) is 18.2 Å². The average molecular weight is 398 g/mol. The van der Waals surface area contributed by atoms with Crippen molar-refractivity contribution in [2.75, 3.05) is 25.5 Å². The molecule has 0 aromatic heterocycles. The minimum absolute atomic E-state index is 0. The summed E-state index contributed by atoms with van der Waals surface area (Å²) in [6.07, 6.45) is -0.546. The second-order valence-corrected chi connectivity index (χ2v) is 5.86. The van der Waals surface area contributed by atoms with Crippen molar-refractivity contribution in [1.82, 2.24) is 10.6 Å². The Balaban J connectivity index is 0.00000312. The standard InChI is InChI=1S/C15H18ClF2N3O3.ClH/c1-24-12-3-2-9(16)6-10(12)21-13(22)4-5-19-14(23)11-7-15(17,18)8-20-11;/h2-3,6,11,20H,4-5,7-8H2,1H3,(H,19,23)(H,21,22);1H. The van der Waals surface area contributed by atoms with Crippen LogP contribution in [0.5, 0.6) is 5.75 Å². The van der Waals surface area contributed by atoms with Gasteiger partial charge in [-0.3, -0.25) is 14.9 Å². The maximum Gasteiger partial charge on any atom is 0.262 e. The Morgan fingerprint density at radius 2 is 2.16 bits per heavy atom. The fraction of sp³-hybridized carbons (Fsp3) is 0.467. The van der Waals surface area contributed by atoms with E-state index in [1.807, 2.05) is 0 Å². The number of anilines is 1. The van der Waals surface area contributed by atoms with Crippen molar-refractivity contribution in [3.05, 3.63) is 23.2 Å². The van der Waals surface area contributed by atoms with Crippen LogP contribution in [0.15, 0.2) is 18.2 Å². The SMILES string of the molecule is COc1ccc(Cl)cc1NC(=O)CCNC(=O)C1CC(F)(F)CN1.Cl. The van der Waals surface area contributed by atoms with E-state index in [0.29, 0.717) is 16.5 Å². The summed E-state index contributed by atoms with van der Waals surface area (Å²) < 4.78 is 31.2. The quantitative estimate of drug-likeness (QED) is 0.687. The van der Waals surface area contributed by atoms with Crippen LogP contribution in [0.4, 0.5) is 14.5 Å². The summed E-state index contributed by atoms with van der Waals surface area (Å²) in [5, 5.41) is 7.98. The molecule has 6 nitrogen and oxygen atoms in total. The van der Waals surface area contributed by atoms with Crippen molar-refractivity contribution >= 4 is 41.5 Å². The van der Waals surface area contributed by atoms with Gasteiger partial charge in [-0.2, -0.15) is 0 Å². The van der Waals surface area contributed by atoms with Crippen LogP contribution in [0, 0.1) is 0 Å². The first-order chi connectivity index (χ1) is 11.3. The molecule has 10 heteroatoms. The van der Waals surface area contributed by atoms with E-state index in [4.69, 9.17) is 16.3 Å². The molecule has 1 unspecified atom stereocenters. The van der Waals surface area contributed by atoms with E-state index < -0.39 is 30.8 Å². The number of halogens is 4. The van der Waals surface area contributed by atoms with Gasteiger partial charge in [0.2, 0.25) is 11.8 Å². The smallest absolute Gasteiger partial charge is 0.262 e. The minimum atomic E-state index is -2.87. The van der Waals surface area contributed by atoms with E-state index in [1.165, 1.54) is 7.11 Å². The second kappa shape index (κ2) is 9.17. The largest absolute Gasteiger partial charge is 0.495 e. The van der Waals surface area contributed by atoms with Crippen molar-refractivity contribution in [3.63, 3.8) is 0 Å². The molecule has 1 heterocycles. The van der Waals surface area contributed by atoms with Crippen molar-refractivity contribution in [3.8, 4) is 5.75 Å². The first-order valence-corrected chi connectivity index (χ1v) is 7.71. The number of ether oxygens (including phenoxy) is 1. The van der Waals surface area contributed by atoms with Crippen LogP contribution >= 0.6 is 24.0 Å². The fourth-order valence-electron chi connectivity index (χ4n) is 2.31. The number of carbonyl (C=O) groups excluding carboxylic acids is 2. The first-order valence-electron chi connectivity index (χ1n) is 7.33. The van der Waals surface area contributed by atoms with Gasteiger partial charge in [0.1, 0.15) is 5.75 Å². The molecule has 2 amide bonds. The number of methoxy groups -OCH3 is 1. The van der Waals surface area contributed by atoms with Gasteiger partial charge < -0.3 is 15.4 Å². The summed E-state index contributed by atoms with van der Waals surface area (Å²) in [6.45, 7) is -0.475. The van der Waals surface area contributed by atoms with E-state index in [2.05, 4.69) is 16.0 Å². The number of alkyl halides is 2. The zero-order chi connectivity index (χ0) is 17.7. The highest BCUT2D eigenvalue weighted by Gasteiger charge is 2.42. The lowest BCUT2D eigenvalue weighted by Gasteiger charge is -2.12. The molecule has 1 aliphatic heterocycles. The molecule has 1 atom stereocenters. The molecule has 1 fully saturated rings. The molecule has 2 rings (SSSR count). The summed E-state index contributed by atoms with van der Waals surface area (Å²) in [4.78, 5) is 23.6. The molecule has 3 N–H and O–H groups in total. The monoisotopic (exact) mass is 397 g/mol. The average Bonchev–Trinajstić information content (AvgIpc) is 2.87. The number of rotatable bonds is 6. The molecule has 0 saturated carbocycles. The molecule has 1 aromatic carbocycles. The third-order valence-electron chi connectivity index (χ3n) is 3.51. The van der Waals surface area contributed by atoms with Crippen molar-refractivity contribution in [2.24, 2.45) is 0 Å². The van der Waals surface area contributed by atoms with Gasteiger partial charge in [-0.15, -0.1) is 12.4 Å². The lowest BCUT2D eigenvalue weighted by Crippen LogP contribution is -2.41. The van der Waals surface area contributed by atoms with Gasteiger partial charge in [0.05, 0.1) is 25.4 Å². The molecule has 0 spiro atoms. The molecule has 140 valence electrons. The van der Waals surface area contributed by atoms with Gasteiger partial charge in [-0.1, -0.05) is 11.6 Å². The Labute approximate surface area is 155 Å². The third-order valence-corrected chi connectivity index (χ3v) is 3.75. The zero-order valence-corrected chi connectivity index (χ0v) is 15.0. The highest BCUT2D eigenvalue weighted by Crippen LogP contribution is 2.27. The number of carbonyl (C=O) groups is 2. The molecular formula is C15H19Cl2F2N3O3. The predicted molar refractivity (Wildman–Crippen MR) is 92.9 cm³/mol. The highest BCUT2D eigenvalue weighted by atomic mass is 35.5. The summed E-state index contributed by atoms with van der Waals surface area (Å²) in [6, 6.07) is 3.85. The van der Waals surface area contributed by atoms with E-state index in [0.717, 1.165) is 0 Å². The number of amides is 2. The Morgan fingerprint density at radius 1 is 1.44 bits per heavy atom. The highest BCUT2D eigenvalue weighted by molar-refractivity contribution is 6.31. The van der Waals surface area contributed by atoms with Crippen LogP contribution in [0.3, 0.4) is 0 Å². The molecule has 1 aromatic rings. The normalized spacial score (nSPS) is 18.2. The Kier molecular flexibility index (Phi) is 7.85.